The molecule has 0 aliphatic heterocycles. The van der Waals surface area contributed by atoms with Crippen LogP contribution >= 0.6 is 11.3 Å². The topological polar surface area (TPSA) is 76.0 Å². The van der Waals surface area contributed by atoms with Crippen LogP contribution in [0.25, 0.3) is 10.9 Å². The Hall–Kier alpha value is -3.45. The molecule has 6 nitrogen and oxygen atoms in total. The first kappa shape index (κ1) is 17.9. The maximum atomic E-state index is 12.7. The first-order chi connectivity index (χ1) is 13.6. The van der Waals surface area contributed by atoms with Crippen LogP contribution in [-0.2, 0) is 11.3 Å². The molecule has 7 heteroatoms. The van der Waals surface area contributed by atoms with E-state index in [0.29, 0.717) is 17.2 Å². The lowest BCUT2D eigenvalue weighted by molar-refractivity contribution is -0.114. The number of aromatic nitrogens is 2. The van der Waals surface area contributed by atoms with E-state index in [1.807, 2.05) is 60.1 Å². The van der Waals surface area contributed by atoms with Gasteiger partial charge in [0.2, 0.25) is 5.91 Å². The molecule has 0 atom stereocenters. The van der Waals surface area contributed by atoms with Crippen molar-refractivity contribution in [3.63, 3.8) is 0 Å². The van der Waals surface area contributed by atoms with Gasteiger partial charge < -0.3 is 9.88 Å². The average Bonchev–Trinajstić information content (AvgIpc) is 3.31. The molecule has 28 heavy (non-hydrogen) atoms. The van der Waals surface area contributed by atoms with Crippen molar-refractivity contribution in [1.82, 2.24) is 9.55 Å². The van der Waals surface area contributed by atoms with Gasteiger partial charge in [0.05, 0.1) is 5.56 Å². The summed E-state index contributed by atoms with van der Waals surface area (Å²) in [7, 11) is 0. The van der Waals surface area contributed by atoms with E-state index in [1.54, 1.807) is 6.20 Å². The summed E-state index contributed by atoms with van der Waals surface area (Å²) in [6, 6.07) is 15.5. The second kappa shape index (κ2) is 7.66. The van der Waals surface area contributed by atoms with Gasteiger partial charge in [0.1, 0.15) is 0 Å². The van der Waals surface area contributed by atoms with E-state index >= 15 is 0 Å². The van der Waals surface area contributed by atoms with Crippen molar-refractivity contribution in [3.05, 3.63) is 77.4 Å². The van der Waals surface area contributed by atoms with Gasteiger partial charge in [0, 0.05) is 47.8 Å². The Labute approximate surface area is 165 Å². The molecule has 0 unspecified atom stereocenters. The van der Waals surface area contributed by atoms with E-state index in [1.165, 1.54) is 18.3 Å². The van der Waals surface area contributed by atoms with Crippen molar-refractivity contribution < 1.29 is 9.59 Å². The zero-order valence-corrected chi connectivity index (χ0v) is 16.0. The smallest absolute Gasteiger partial charge is 0.259 e. The molecule has 0 radical (unpaired) electrons. The molecule has 0 saturated carbocycles. The van der Waals surface area contributed by atoms with Crippen LogP contribution in [-0.4, -0.2) is 21.4 Å². The molecule has 4 aromatic rings. The second-order valence-electron chi connectivity index (χ2n) is 6.36. The van der Waals surface area contributed by atoms with Crippen LogP contribution in [0.5, 0.6) is 0 Å². The van der Waals surface area contributed by atoms with Crippen molar-refractivity contribution in [1.29, 1.82) is 0 Å². The third-order valence-corrected chi connectivity index (χ3v) is 5.00. The Balaban J connectivity index is 1.62. The highest BCUT2D eigenvalue weighted by Gasteiger charge is 2.16. The minimum atomic E-state index is -0.175. The number of nitrogens with one attached hydrogen (secondary N) is 2. The summed E-state index contributed by atoms with van der Waals surface area (Å²) in [6.07, 6.45) is 3.53. The molecular formula is C21H18N4O2S. The van der Waals surface area contributed by atoms with Gasteiger partial charge in [-0.05, 0) is 23.8 Å². The molecule has 4 rings (SSSR count). The zero-order valence-electron chi connectivity index (χ0n) is 15.2. The van der Waals surface area contributed by atoms with E-state index in [9.17, 15) is 9.59 Å². The minimum Gasteiger partial charge on any atom is -0.342 e. The highest BCUT2D eigenvalue weighted by molar-refractivity contribution is 7.13. The molecule has 0 aliphatic rings. The Morgan fingerprint density at radius 3 is 2.57 bits per heavy atom. The molecule has 140 valence electrons. The number of carbonyl (C=O) groups is 2. The Bertz CT molecular complexity index is 1130. The highest BCUT2D eigenvalue weighted by Crippen LogP contribution is 2.24. The number of hydrogen-bond donors (Lipinski definition) is 2. The Kier molecular flexibility index (Phi) is 4.90. The molecular weight excluding hydrogens is 372 g/mol. The van der Waals surface area contributed by atoms with Crippen LogP contribution in [0.4, 0.5) is 10.8 Å². The van der Waals surface area contributed by atoms with Crippen LogP contribution in [0.2, 0.25) is 0 Å². The van der Waals surface area contributed by atoms with E-state index < -0.39 is 0 Å². The molecule has 0 fully saturated rings. The summed E-state index contributed by atoms with van der Waals surface area (Å²) in [5, 5.41) is 8.91. The number of rotatable bonds is 5. The molecule has 2 aromatic heterocycles. The number of carbonyl (C=O) groups excluding carboxylic acids is 2. The van der Waals surface area contributed by atoms with E-state index in [4.69, 9.17) is 0 Å². The lowest BCUT2D eigenvalue weighted by Crippen LogP contribution is -2.11. The van der Waals surface area contributed by atoms with Gasteiger partial charge in [0.25, 0.3) is 5.91 Å². The van der Waals surface area contributed by atoms with Gasteiger partial charge in [-0.3, -0.25) is 14.9 Å². The van der Waals surface area contributed by atoms with Crippen molar-refractivity contribution in [2.24, 2.45) is 0 Å². The fourth-order valence-corrected chi connectivity index (χ4v) is 3.63. The Morgan fingerprint density at radius 1 is 1.07 bits per heavy atom. The largest absolute Gasteiger partial charge is 0.342 e. The third-order valence-electron chi connectivity index (χ3n) is 4.31. The SMILES string of the molecule is CC(=O)Nc1ccc(Cn2cc(C(=O)Nc3nccs3)c3ccccc32)cc1. The normalized spacial score (nSPS) is 10.8. The second-order valence-corrected chi connectivity index (χ2v) is 7.25. The lowest BCUT2D eigenvalue weighted by Gasteiger charge is -2.07. The molecule has 2 amide bonds. The van der Waals surface area contributed by atoms with Gasteiger partial charge >= 0.3 is 0 Å². The number of thiazole rings is 1. The standard InChI is InChI=1S/C21H18N4O2S/c1-14(26)23-16-8-6-15(7-9-16)12-25-13-18(17-4-2-3-5-19(17)25)20(27)24-21-22-10-11-28-21/h2-11,13H,12H2,1H3,(H,23,26)(H,22,24,27). The summed E-state index contributed by atoms with van der Waals surface area (Å²) in [6.45, 7) is 2.10. The van der Waals surface area contributed by atoms with Crippen LogP contribution < -0.4 is 10.6 Å². The number of benzene rings is 2. The predicted octanol–water partition coefficient (Wildman–Crippen LogP) is 4.36. The average molecular weight is 390 g/mol. The Morgan fingerprint density at radius 2 is 1.86 bits per heavy atom. The quantitative estimate of drug-likeness (QED) is 0.532. The predicted molar refractivity (Wildman–Crippen MR) is 112 cm³/mol. The molecule has 2 heterocycles. The first-order valence-corrected chi connectivity index (χ1v) is 9.63. The molecule has 0 saturated heterocycles. The van der Waals surface area contributed by atoms with Crippen LogP contribution in [0, 0.1) is 0 Å². The van der Waals surface area contributed by atoms with Gasteiger partial charge in [0.15, 0.2) is 5.13 Å². The van der Waals surface area contributed by atoms with E-state index in [0.717, 1.165) is 22.2 Å². The molecule has 2 aromatic carbocycles. The molecule has 0 bridgehead atoms. The number of fused-ring (bicyclic) bond motifs is 1. The summed E-state index contributed by atoms with van der Waals surface area (Å²) in [5.74, 6) is -0.272. The van der Waals surface area contributed by atoms with Crippen molar-refractivity contribution >= 4 is 44.9 Å². The summed E-state index contributed by atoms with van der Waals surface area (Å²) >= 11 is 1.39. The fraction of sp³-hybridized carbons (Fsp3) is 0.0952. The molecule has 0 spiro atoms. The number of hydrogen-bond acceptors (Lipinski definition) is 4. The van der Waals surface area contributed by atoms with E-state index in [2.05, 4.69) is 20.2 Å². The fourth-order valence-electron chi connectivity index (χ4n) is 3.10. The highest BCUT2D eigenvalue weighted by atomic mass is 32.1. The molecule has 2 N–H and O–H groups in total. The van der Waals surface area contributed by atoms with Crippen LogP contribution in [0.3, 0.4) is 0 Å². The maximum Gasteiger partial charge on any atom is 0.259 e. The van der Waals surface area contributed by atoms with Gasteiger partial charge in [-0.25, -0.2) is 4.98 Å². The molecule has 0 aliphatic carbocycles. The van der Waals surface area contributed by atoms with Crippen molar-refractivity contribution in [3.8, 4) is 0 Å². The van der Waals surface area contributed by atoms with Crippen LogP contribution in [0.15, 0.2) is 66.3 Å². The number of para-hydroxylation sites is 1. The number of anilines is 2. The number of amides is 2. The first-order valence-electron chi connectivity index (χ1n) is 8.75. The summed E-state index contributed by atoms with van der Waals surface area (Å²) in [4.78, 5) is 28.0. The van der Waals surface area contributed by atoms with E-state index in [-0.39, 0.29) is 11.8 Å². The van der Waals surface area contributed by atoms with Crippen molar-refractivity contribution in [2.75, 3.05) is 10.6 Å². The van der Waals surface area contributed by atoms with Gasteiger partial charge in [-0.1, -0.05) is 30.3 Å². The zero-order chi connectivity index (χ0) is 19.5. The van der Waals surface area contributed by atoms with Gasteiger partial charge in [-0.15, -0.1) is 11.3 Å². The maximum absolute atomic E-state index is 12.7. The van der Waals surface area contributed by atoms with Crippen molar-refractivity contribution in [2.45, 2.75) is 13.5 Å². The summed E-state index contributed by atoms with van der Waals surface area (Å²) < 4.78 is 2.06. The summed E-state index contributed by atoms with van der Waals surface area (Å²) in [5.41, 5.74) is 3.43. The number of nitrogens with zero attached hydrogens (tertiary/aromatic N) is 2. The minimum absolute atomic E-state index is 0.0972. The van der Waals surface area contributed by atoms with Gasteiger partial charge in [-0.2, -0.15) is 0 Å². The third kappa shape index (κ3) is 3.79. The lowest BCUT2D eigenvalue weighted by atomic mass is 10.1. The van der Waals surface area contributed by atoms with Crippen LogP contribution in [0.1, 0.15) is 22.8 Å². The monoisotopic (exact) mass is 390 g/mol.